The van der Waals surface area contributed by atoms with Crippen molar-refractivity contribution >= 4 is 16.8 Å². The summed E-state index contributed by atoms with van der Waals surface area (Å²) in [6.07, 6.45) is 0.924. The Morgan fingerprint density at radius 2 is 1.60 bits per heavy atom. The molecule has 1 N–H and O–H groups in total. The van der Waals surface area contributed by atoms with E-state index < -0.39 is 11.0 Å². The molecule has 0 aliphatic carbocycles. The van der Waals surface area contributed by atoms with Crippen LogP contribution in [-0.4, -0.2) is 38.3 Å². The van der Waals surface area contributed by atoms with Crippen molar-refractivity contribution in [3.05, 3.63) is 11.3 Å². The van der Waals surface area contributed by atoms with E-state index in [1.807, 2.05) is 20.8 Å². The molecule has 0 saturated carbocycles. The van der Waals surface area contributed by atoms with E-state index in [1.165, 1.54) is 11.3 Å². The van der Waals surface area contributed by atoms with E-state index in [1.54, 1.807) is 0 Å². The first-order valence-electron chi connectivity index (χ1n) is 9.39. The summed E-state index contributed by atoms with van der Waals surface area (Å²) in [6, 6.07) is 0.401. The summed E-state index contributed by atoms with van der Waals surface area (Å²) in [5, 5.41) is 0. The van der Waals surface area contributed by atoms with Gasteiger partial charge in [-0.15, -0.1) is 0 Å². The lowest BCUT2D eigenvalue weighted by atomic mass is 9.79. The van der Waals surface area contributed by atoms with Gasteiger partial charge in [-0.05, 0) is 38.7 Å². The highest BCUT2D eigenvalue weighted by molar-refractivity contribution is 7.84. The van der Waals surface area contributed by atoms with Crippen molar-refractivity contribution in [3.63, 3.8) is 0 Å². The molecule has 1 unspecified atom stereocenters. The Kier molecular flexibility index (Phi) is 5.35. The van der Waals surface area contributed by atoms with Crippen molar-refractivity contribution in [2.75, 3.05) is 6.54 Å². The van der Waals surface area contributed by atoms with Crippen LogP contribution in [0.4, 0.5) is 0 Å². The Morgan fingerprint density at radius 3 is 2.04 bits per heavy atom. The van der Waals surface area contributed by atoms with Crippen LogP contribution < -0.4 is 4.72 Å². The molecule has 0 radical (unpaired) electrons. The molecule has 5 heteroatoms. The SMILES string of the molecule is C[C@@H]1N=C(C(C)(C)C)N2C[C@@H](NS(=O)C(C)(C)C)CC2=C1C(C)(C)C. The minimum Gasteiger partial charge on any atom is -0.332 e. The number of hydrogen-bond donors (Lipinski definition) is 1. The maximum absolute atomic E-state index is 12.6. The smallest absolute Gasteiger partial charge is 0.109 e. The van der Waals surface area contributed by atoms with Crippen LogP contribution in [0.25, 0.3) is 0 Å². The van der Waals surface area contributed by atoms with E-state index in [0.29, 0.717) is 0 Å². The van der Waals surface area contributed by atoms with E-state index in [-0.39, 0.29) is 27.7 Å². The zero-order chi connectivity index (χ0) is 19.4. The summed E-state index contributed by atoms with van der Waals surface area (Å²) < 4.78 is 15.7. The molecule has 0 amide bonds. The molecule has 0 aromatic carbocycles. The summed E-state index contributed by atoms with van der Waals surface area (Å²) in [6.45, 7) is 22.6. The molecule has 25 heavy (non-hydrogen) atoms. The fourth-order valence-corrected chi connectivity index (χ4v) is 4.65. The molecule has 2 heterocycles. The lowest BCUT2D eigenvalue weighted by Gasteiger charge is -2.41. The largest absolute Gasteiger partial charge is 0.332 e. The number of hydrogen-bond acceptors (Lipinski definition) is 3. The Labute approximate surface area is 157 Å². The van der Waals surface area contributed by atoms with Crippen molar-refractivity contribution in [1.82, 2.24) is 9.62 Å². The van der Waals surface area contributed by atoms with Gasteiger partial charge in [0.1, 0.15) is 5.84 Å². The van der Waals surface area contributed by atoms with Gasteiger partial charge in [-0.1, -0.05) is 41.5 Å². The molecule has 3 atom stereocenters. The zero-order valence-corrected chi connectivity index (χ0v) is 18.6. The molecule has 0 aromatic heterocycles. The van der Waals surface area contributed by atoms with Crippen molar-refractivity contribution < 1.29 is 4.21 Å². The number of rotatable bonds is 2. The second-order valence-corrected chi connectivity index (χ2v) is 12.5. The van der Waals surface area contributed by atoms with Crippen molar-refractivity contribution in [1.29, 1.82) is 0 Å². The average molecular weight is 368 g/mol. The lowest BCUT2D eigenvalue weighted by molar-refractivity contribution is 0.394. The third-order valence-electron chi connectivity index (χ3n) is 4.78. The van der Waals surface area contributed by atoms with Crippen LogP contribution in [-0.2, 0) is 11.0 Å². The molecule has 2 aliphatic heterocycles. The lowest BCUT2D eigenvalue weighted by Crippen LogP contribution is -2.45. The summed E-state index contributed by atoms with van der Waals surface area (Å²) in [4.78, 5) is 7.49. The molecule has 0 spiro atoms. The van der Waals surface area contributed by atoms with Crippen molar-refractivity contribution in [3.8, 4) is 0 Å². The number of nitrogens with one attached hydrogen (secondary N) is 1. The molecule has 2 aliphatic rings. The van der Waals surface area contributed by atoms with Crippen LogP contribution in [0, 0.1) is 10.8 Å². The van der Waals surface area contributed by atoms with Gasteiger partial charge in [-0.3, -0.25) is 4.99 Å². The van der Waals surface area contributed by atoms with Gasteiger partial charge in [0.2, 0.25) is 0 Å². The van der Waals surface area contributed by atoms with E-state index in [9.17, 15) is 4.21 Å². The van der Waals surface area contributed by atoms with Gasteiger partial charge in [0.25, 0.3) is 0 Å². The molecule has 0 aromatic rings. The van der Waals surface area contributed by atoms with Crippen LogP contribution in [0.3, 0.4) is 0 Å². The predicted molar refractivity (Wildman–Crippen MR) is 109 cm³/mol. The second-order valence-electron chi connectivity index (χ2n) is 10.5. The average Bonchev–Trinajstić information content (AvgIpc) is 2.76. The minimum atomic E-state index is -1.05. The maximum Gasteiger partial charge on any atom is 0.109 e. The van der Waals surface area contributed by atoms with Crippen LogP contribution in [0.15, 0.2) is 16.3 Å². The molecule has 1 saturated heterocycles. The van der Waals surface area contributed by atoms with Crippen molar-refractivity contribution in [2.45, 2.75) is 92.5 Å². The molecule has 144 valence electrons. The molecular weight excluding hydrogens is 330 g/mol. The monoisotopic (exact) mass is 367 g/mol. The number of amidine groups is 1. The molecule has 1 fully saturated rings. The summed E-state index contributed by atoms with van der Waals surface area (Å²) in [7, 11) is -1.05. The molecule has 0 bridgehead atoms. The predicted octanol–water partition coefficient (Wildman–Crippen LogP) is 4.26. The number of aliphatic imine (C=N–C) groups is 1. The fourth-order valence-electron chi connectivity index (χ4n) is 3.83. The fraction of sp³-hybridized carbons (Fsp3) is 0.850. The number of nitrogens with zero attached hydrogens (tertiary/aromatic N) is 2. The van der Waals surface area contributed by atoms with E-state index in [4.69, 9.17) is 4.99 Å². The standard InChI is InChI=1S/C20H37N3OS/c1-13-16(18(2,3)4)15-11-14(22-25(24)20(8,9)10)12-23(15)17(21-13)19(5,6)7/h13-14,22H,11-12H2,1-10H3/t13-,14-,25?/m0/s1. The van der Waals surface area contributed by atoms with Crippen LogP contribution in [0.5, 0.6) is 0 Å². The number of fused-ring (bicyclic) bond motifs is 1. The first kappa shape index (κ1) is 20.6. The highest BCUT2D eigenvalue weighted by Crippen LogP contribution is 2.43. The van der Waals surface area contributed by atoms with Gasteiger partial charge < -0.3 is 4.90 Å². The quantitative estimate of drug-likeness (QED) is 0.792. The Bertz CT molecular complexity index is 614. The van der Waals surface area contributed by atoms with Gasteiger partial charge in [-0.2, -0.15) is 0 Å². The summed E-state index contributed by atoms with van der Waals surface area (Å²) in [5.41, 5.74) is 2.90. The summed E-state index contributed by atoms with van der Waals surface area (Å²) >= 11 is 0. The van der Waals surface area contributed by atoms with Crippen LogP contribution in [0.2, 0.25) is 0 Å². The highest BCUT2D eigenvalue weighted by Gasteiger charge is 2.43. The first-order valence-corrected chi connectivity index (χ1v) is 10.5. The van der Waals surface area contributed by atoms with Gasteiger partial charge in [0.05, 0.1) is 21.8 Å². The van der Waals surface area contributed by atoms with E-state index >= 15 is 0 Å². The topological polar surface area (TPSA) is 44.7 Å². The maximum atomic E-state index is 12.6. The van der Waals surface area contributed by atoms with Crippen LogP contribution in [0.1, 0.15) is 75.7 Å². The first-order chi connectivity index (χ1) is 11.1. The van der Waals surface area contributed by atoms with Gasteiger partial charge in [0.15, 0.2) is 0 Å². The van der Waals surface area contributed by atoms with E-state index in [2.05, 4.69) is 58.1 Å². The third-order valence-corrected chi connectivity index (χ3v) is 6.44. The Balaban J connectivity index is 2.40. The minimum absolute atomic E-state index is 0.000985. The third kappa shape index (κ3) is 4.36. The Hall–Kier alpha value is -0.680. The Morgan fingerprint density at radius 1 is 1.04 bits per heavy atom. The second kappa shape index (κ2) is 6.49. The molecule has 2 rings (SSSR count). The molecule has 4 nitrogen and oxygen atoms in total. The van der Waals surface area contributed by atoms with Gasteiger partial charge in [0, 0.05) is 30.1 Å². The molecular formula is C20H37N3OS. The van der Waals surface area contributed by atoms with Gasteiger partial charge in [-0.25, -0.2) is 8.93 Å². The normalized spacial score (nSPS) is 26.6. The van der Waals surface area contributed by atoms with Crippen molar-refractivity contribution in [2.24, 2.45) is 15.8 Å². The van der Waals surface area contributed by atoms with Crippen LogP contribution >= 0.6 is 0 Å². The summed E-state index contributed by atoms with van der Waals surface area (Å²) in [5.74, 6) is 1.16. The zero-order valence-electron chi connectivity index (χ0n) is 17.8. The highest BCUT2D eigenvalue weighted by atomic mass is 32.2. The van der Waals surface area contributed by atoms with Gasteiger partial charge >= 0.3 is 0 Å². The van der Waals surface area contributed by atoms with E-state index in [0.717, 1.165) is 18.8 Å².